The van der Waals surface area contributed by atoms with Gasteiger partial charge in [-0.25, -0.2) is 4.52 Å². The third-order valence-electron chi connectivity index (χ3n) is 3.48. The lowest BCUT2D eigenvalue weighted by molar-refractivity contribution is 0.576. The van der Waals surface area contributed by atoms with Gasteiger partial charge >= 0.3 is 0 Å². The van der Waals surface area contributed by atoms with Crippen LogP contribution in [0.25, 0.3) is 5.52 Å². The van der Waals surface area contributed by atoms with Crippen molar-refractivity contribution < 1.29 is 0 Å². The minimum atomic E-state index is 0.197. The molecular formula is C16H16ClN3. The average Bonchev–Trinajstić information content (AvgIpc) is 2.88. The molecular weight excluding hydrogens is 270 g/mol. The number of nitrogens with one attached hydrogen (secondary N) is 1. The van der Waals surface area contributed by atoms with Crippen LogP contribution in [0.5, 0.6) is 0 Å². The Balaban J connectivity index is 1.75. The van der Waals surface area contributed by atoms with Crippen LogP contribution in [0, 0.1) is 0 Å². The van der Waals surface area contributed by atoms with Gasteiger partial charge in [-0.05, 0) is 30.7 Å². The first-order valence-corrected chi connectivity index (χ1v) is 7.02. The van der Waals surface area contributed by atoms with Crippen molar-refractivity contribution in [1.82, 2.24) is 14.9 Å². The van der Waals surface area contributed by atoms with E-state index in [4.69, 9.17) is 11.6 Å². The molecule has 1 atom stereocenters. The van der Waals surface area contributed by atoms with Gasteiger partial charge in [-0.3, -0.25) is 0 Å². The molecule has 1 aromatic carbocycles. The number of hydrogen-bond acceptors (Lipinski definition) is 2. The number of halogens is 1. The molecule has 1 N–H and O–H groups in total. The van der Waals surface area contributed by atoms with Crippen LogP contribution in [-0.2, 0) is 6.54 Å². The van der Waals surface area contributed by atoms with Gasteiger partial charge in [-0.15, -0.1) is 0 Å². The van der Waals surface area contributed by atoms with E-state index in [1.807, 2.05) is 47.2 Å². The van der Waals surface area contributed by atoms with Crippen LogP contribution < -0.4 is 5.32 Å². The monoisotopic (exact) mass is 285 g/mol. The summed E-state index contributed by atoms with van der Waals surface area (Å²) < 4.78 is 1.89. The van der Waals surface area contributed by atoms with Crippen LogP contribution in [0.15, 0.2) is 54.9 Å². The highest BCUT2D eigenvalue weighted by atomic mass is 35.5. The molecule has 3 rings (SSSR count). The maximum absolute atomic E-state index is 6.22. The summed E-state index contributed by atoms with van der Waals surface area (Å²) in [4.78, 5) is 0. The van der Waals surface area contributed by atoms with Crippen LogP contribution in [-0.4, -0.2) is 9.61 Å². The second-order valence-electron chi connectivity index (χ2n) is 4.82. The molecule has 2 heterocycles. The van der Waals surface area contributed by atoms with Crippen molar-refractivity contribution in [3.8, 4) is 0 Å². The number of aromatic nitrogens is 2. The third-order valence-corrected chi connectivity index (χ3v) is 3.82. The lowest BCUT2D eigenvalue weighted by Gasteiger charge is -2.15. The zero-order chi connectivity index (χ0) is 13.9. The lowest BCUT2D eigenvalue weighted by Crippen LogP contribution is -2.18. The van der Waals surface area contributed by atoms with Crippen LogP contribution in [0.2, 0.25) is 5.02 Å². The third kappa shape index (κ3) is 2.55. The topological polar surface area (TPSA) is 29.3 Å². The fourth-order valence-electron chi connectivity index (χ4n) is 2.32. The first-order valence-electron chi connectivity index (χ1n) is 6.65. The van der Waals surface area contributed by atoms with Crippen LogP contribution in [0.3, 0.4) is 0 Å². The van der Waals surface area contributed by atoms with Crippen molar-refractivity contribution >= 4 is 17.1 Å². The van der Waals surface area contributed by atoms with Crippen molar-refractivity contribution in [3.63, 3.8) is 0 Å². The Morgan fingerprint density at radius 1 is 1.20 bits per heavy atom. The summed E-state index contributed by atoms with van der Waals surface area (Å²) >= 11 is 6.22. The summed E-state index contributed by atoms with van der Waals surface area (Å²) in [6, 6.07) is 14.2. The standard InChI is InChI=1S/C16H16ClN3/c1-12(14-6-2-3-7-15(14)17)18-10-13-11-19-20-9-5-4-8-16(13)20/h2-9,11-12,18H,10H2,1H3. The Morgan fingerprint density at radius 3 is 2.85 bits per heavy atom. The predicted molar refractivity (Wildman–Crippen MR) is 81.9 cm³/mol. The van der Waals surface area contributed by atoms with Gasteiger partial charge < -0.3 is 5.32 Å². The molecule has 0 spiro atoms. The number of hydrogen-bond donors (Lipinski definition) is 1. The Bertz CT molecular complexity index is 720. The second kappa shape index (κ2) is 5.65. The largest absolute Gasteiger partial charge is 0.306 e. The van der Waals surface area contributed by atoms with Crippen molar-refractivity contribution in [2.75, 3.05) is 0 Å². The van der Waals surface area contributed by atoms with Gasteiger partial charge in [0.15, 0.2) is 0 Å². The van der Waals surface area contributed by atoms with E-state index in [0.717, 1.165) is 22.6 Å². The van der Waals surface area contributed by atoms with Crippen LogP contribution in [0.4, 0.5) is 0 Å². The predicted octanol–water partition coefficient (Wildman–Crippen LogP) is 3.84. The van der Waals surface area contributed by atoms with E-state index in [1.165, 1.54) is 5.56 Å². The number of nitrogens with zero attached hydrogens (tertiary/aromatic N) is 2. The highest BCUT2D eigenvalue weighted by Crippen LogP contribution is 2.22. The number of rotatable bonds is 4. The van der Waals surface area contributed by atoms with Gasteiger partial charge in [0.25, 0.3) is 0 Å². The molecule has 0 aliphatic carbocycles. The normalized spacial score (nSPS) is 12.7. The molecule has 0 saturated carbocycles. The molecule has 0 amide bonds. The lowest BCUT2D eigenvalue weighted by atomic mass is 10.1. The quantitative estimate of drug-likeness (QED) is 0.789. The first-order chi connectivity index (χ1) is 9.75. The summed E-state index contributed by atoms with van der Waals surface area (Å²) in [6.45, 7) is 2.88. The summed E-state index contributed by atoms with van der Waals surface area (Å²) in [7, 11) is 0. The van der Waals surface area contributed by atoms with Crippen molar-refractivity contribution in [3.05, 3.63) is 71.0 Å². The maximum atomic E-state index is 6.22. The van der Waals surface area contributed by atoms with Crippen molar-refractivity contribution in [2.45, 2.75) is 19.5 Å². The van der Waals surface area contributed by atoms with Crippen molar-refractivity contribution in [1.29, 1.82) is 0 Å². The van der Waals surface area contributed by atoms with Crippen molar-refractivity contribution in [2.24, 2.45) is 0 Å². The second-order valence-corrected chi connectivity index (χ2v) is 5.23. The molecule has 3 nitrogen and oxygen atoms in total. The molecule has 20 heavy (non-hydrogen) atoms. The van der Waals surface area contributed by atoms with Gasteiger partial charge in [0.2, 0.25) is 0 Å². The first kappa shape index (κ1) is 13.2. The molecule has 0 fully saturated rings. The van der Waals surface area contributed by atoms with E-state index in [0.29, 0.717) is 0 Å². The van der Waals surface area contributed by atoms with E-state index in [9.17, 15) is 0 Å². The fourth-order valence-corrected chi connectivity index (χ4v) is 2.62. The molecule has 0 radical (unpaired) electrons. The SMILES string of the molecule is CC(NCc1cnn2ccccc12)c1ccccc1Cl. The van der Waals surface area contributed by atoms with Gasteiger partial charge in [0.1, 0.15) is 0 Å². The number of benzene rings is 1. The van der Waals surface area contributed by atoms with E-state index in [-0.39, 0.29) is 6.04 Å². The highest BCUT2D eigenvalue weighted by Gasteiger charge is 2.10. The fraction of sp³-hybridized carbons (Fsp3) is 0.188. The molecule has 3 aromatic rings. The molecule has 0 bridgehead atoms. The smallest absolute Gasteiger partial charge is 0.0706 e. The van der Waals surface area contributed by atoms with Crippen LogP contribution >= 0.6 is 11.6 Å². The van der Waals surface area contributed by atoms with Gasteiger partial charge in [0.05, 0.1) is 11.7 Å². The summed E-state index contributed by atoms with van der Waals surface area (Å²) in [5.74, 6) is 0. The zero-order valence-electron chi connectivity index (χ0n) is 11.3. The van der Waals surface area contributed by atoms with E-state index >= 15 is 0 Å². The number of pyridine rings is 1. The molecule has 102 valence electrons. The molecule has 4 heteroatoms. The highest BCUT2D eigenvalue weighted by molar-refractivity contribution is 6.31. The van der Waals surface area contributed by atoms with Crippen LogP contribution in [0.1, 0.15) is 24.1 Å². The van der Waals surface area contributed by atoms with E-state index < -0.39 is 0 Å². The molecule has 2 aromatic heterocycles. The van der Waals surface area contributed by atoms with E-state index in [1.54, 1.807) is 0 Å². The van der Waals surface area contributed by atoms with Gasteiger partial charge in [-0.1, -0.05) is 35.9 Å². The number of fused-ring (bicyclic) bond motifs is 1. The minimum absolute atomic E-state index is 0.197. The Labute approximate surface area is 123 Å². The Hall–Kier alpha value is -1.84. The average molecular weight is 286 g/mol. The molecule has 0 aliphatic heterocycles. The summed E-state index contributed by atoms with van der Waals surface area (Å²) in [5, 5.41) is 8.63. The maximum Gasteiger partial charge on any atom is 0.0706 e. The summed E-state index contributed by atoms with van der Waals surface area (Å²) in [6.07, 6.45) is 3.86. The Morgan fingerprint density at radius 2 is 2.00 bits per heavy atom. The molecule has 1 unspecified atom stereocenters. The van der Waals surface area contributed by atoms with Gasteiger partial charge in [0, 0.05) is 29.4 Å². The molecule has 0 saturated heterocycles. The minimum Gasteiger partial charge on any atom is -0.306 e. The Kier molecular flexibility index (Phi) is 3.72. The van der Waals surface area contributed by atoms with E-state index in [2.05, 4.69) is 29.5 Å². The van der Waals surface area contributed by atoms with Gasteiger partial charge in [-0.2, -0.15) is 5.10 Å². The zero-order valence-corrected chi connectivity index (χ0v) is 12.0. The summed E-state index contributed by atoms with van der Waals surface area (Å²) in [5.41, 5.74) is 3.43. The molecule has 0 aliphatic rings.